The summed E-state index contributed by atoms with van der Waals surface area (Å²) in [5.74, 6) is -0.0297. The Kier molecular flexibility index (Phi) is 3.81. The molecule has 94 valence electrons. The molecule has 0 radical (unpaired) electrons. The van der Waals surface area contributed by atoms with Gasteiger partial charge in [0.25, 0.3) is 5.91 Å². The molecule has 0 aliphatic rings. The van der Waals surface area contributed by atoms with E-state index in [0.29, 0.717) is 12.2 Å². The molecule has 0 fully saturated rings. The van der Waals surface area contributed by atoms with Crippen molar-refractivity contribution in [3.63, 3.8) is 0 Å². The Balaban J connectivity index is 2.08. The lowest BCUT2D eigenvalue weighted by atomic mass is 10.2. The molecule has 1 amide bonds. The first kappa shape index (κ1) is 12.8. The number of amides is 1. The van der Waals surface area contributed by atoms with Crippen LogP contribution in [0.1, 0.15) is 16.1 Å². The van der Waals surface area contributed by atoms with Gasteiger partial charge in [-0.3, -0.25) is 9.48 Å². The summed E-state index contributed by atoms with van der Waals surface area (Å²) < 4.78 is 2.62. The van der Waals surface area contributed by atoms with Gasteiger partial charge in [-0.05, 0) is 23.8 Å². The number of rotatable bonds is 3. The predicted molar refractivity (Wildman–Crippen MR) is 73.1 cm³/mol. The van der Waals surface area contributed by atoms with Crippen molar-refractivity contribution in [1.82, 2.24) is 14.7 Å². The summed E-state index contributed by atoms with van der Waals surface area (Å²) in [6, 6.07) is 9.66. The van der Waals surface area contributed by atoms with Crippen molar-refractivity contribution in [2.24, 2.45) is 7.05 Å². The van der Waals surface area contributed by atoms with Crippen LogP contribution in [0.25, 0.3) is 0 Å². The minimum Gasteiger partial charge on any atom is -0.336 e. The predicted octanol–water partition coefficient (Wildman–Crippen LogP) is 2.45. The molecule has 5 heteroatoms. The summed E-state index contributed by atoms with van der Waals surface area (Å²) in [4.78, 5) is 13.8. The Labute approximate surface area is 114 Å². The van der Waals surface area contributed by atoms with Crippen LogP contribution in [0.4, 0.5) is 0 Å². The maximum Gasteiger partial charge on any atom is 0.272 e. The maximum atomic E-state index is 12.2. The summed E-state index contributed by atoms with van der Waals surface area (Å²) in [7, 11) is 3.55. The van der Waals surface area contributed by atoms with Crippen molar-refractivity contribution in [2.75, 3.05) is 7.05 Å². The van der Waals surface area contributed by atoms with Crippen molar-refractivity contribution < 1.29 is 4.79 Å². The van der Waals surface area contributed by atoms with Crippen LogP contribution >= 0.6 is 15.9 Å². The SMILES string of the molecule is CN(Cc1ccc(Br)cc1)C(=O)c1ccnn1C. The van der Waals surface area contributed by atoms with Crippen LogP contribution in [-0.4, -0.2) is 27.6 Å². The van der Waals surface area contributed by atoms with Gasteiger partial charge in [0.2, 0.25) is 0 Å². The number of halogens is 1. The fourth-order valence-electron chi connectivity index (χ4n) is 1.71. The highest BCUT2D eigenvalue weighted by Crippen LogP contribution is 2.12. The van der Waals surface area contributed by atoms with Gasteiger partial charge in [-0.25, -0.2) is 0 Å². The number of aryl methyl sites for hydroxylation is 1. The highest BCUT2D eigenvalue weighted by Gasteiger charge is 2.15. The third-order valence-electron chi connectivity index (χ3n) is 2.72. The first-order chi connectivity index (χ1) is 8.58. The van der Waals surface area contributed by atoms with Crippen LogP contribution in [0.3, 0.4) is 0 Å². The van der Waals surface area contributed by atoms with Gasteiger partial charge >= 0.3 is 0 Å². The lowest BCUT2D eigenvalue weighted by Crippen LogP contribution is -2.28. The first-order valence-corrected chi connectivity index (χ1v) is 6.35. The van der Waals surface area contributed by atoms with E-state index in [2.05, 4.69) is 21.0 Å². The van der Waals surface area contributed by atoms with Gasteiger partial charge < -0.3 is 4.90 Å². The number of carbonyl (C=O) groups excluding carboxylic acids is 1. The summed E-state index contributed by atoms with van der Waals surface area (Å²) in [6.45, 7) is 0.581. The molecule has 0 saturated carbocycles. The first-order valence-electron chi connectivity index (χ1n) is 5.56. The lowest BCUT2D eigenvalue weighted by Gasteiger charge is -2.17. The molecule has 2 rings (SSSR count). The van der Waals surface area contributed by atoms with Crippen LogP contribution in [0.2, 0.25) is 0 Å². The normalized spacial score (nSPS) is 10.4. The van der Waals surface area contributed by atoms with Crippen molar-refractivity contribution in [3.05, 3.63) is 52.3 Å². The molecule has 4 nitrogen and oxygen atoms in total. The van der Waals surface area contributed by atoms with Gasteiger partial charge in [0.05, 0.1) is 0 Å². The molecule has 2 aromatic rings. The van der Waals surface area contributed by atoms with E-state index in [0.717, 1.165) is 10.0 Å². The molecule has 0 aliphatic heterocycles. The van der Waals surface area contributed by atoms with Crippen LogP contribution in [0, 0.1) is 0 Å². The lowest BCUT2D eigenvalue weighted by molar-refractivity contribution is 0.0774. The van der Waals surface area contributed by atoms with Gasteiger partial charge in [0, 0.05) is 31.3 Å². The molecular weight excluding hydrogens is 294 g/mol. The van der Waals surface area contributed by atoms with Crippen LogP contribution in [0.5, 0.6) is 0 Å². The fraction of sp³-hybridized carbons (Fsp3) is 0.231. The standard InChI is InChI=1S/C13H14BrN3O/c1-16(9-10-3-5-11(14)6-4-10)13(18)12-7-8-15-17(12)2/h3-8H,9H2,1-2H3. The molecular formula is C13H14BrN3O. The summed E-state index contributed by atoms with van der Waals surface area (Å²) in [6.07, 6.45) is 1.63. The van der Waals surface area contributed by atoms with Gasteiger partial charge in [-0.2, -0.15) is 5.10 Å². The number of hydrogen-bond acceptors (Lipinski definition) is 2. The third kappa shape index (κ3) is 2.79. The Hall–Kier alpha value is -1.62. The second kappa shape index (κ2) is 5.35. The van der Waals surface area contributed by atoms with E-state index in [4.69, 9.17) is 0 Å². The average Bonchev–Trinajstić information content (AvgIpc) is 2.77. The zero-order valence-corrected chi connectivity index (χ0v) is 11.9. The second-order valence-electron chi connectivity index (χ2n) is 4.13. The van der Waals surface area contributed by atoms with Gasteiger partial charge in [0.15, 0.2) is 0 Å². The van der Waals surface area contributed by atoms with Crippen LogP contribution in [0.15, 0.2) is 41.0 Å². The monoisotopic (exact) mass is 307 g/mol. The van der Waals surface area contributed by atoms with Crippen LogP contribution < -0.4 is 0 Å². The zero-order chi connectivity index (χ0) is 13.1. The molecule has 0 unspecified atom stereocenters. The Morgan fingerprint density at radius 1 is 1.33 bits per heavy atom. The number of aromatic nitrogens is 2. The van der Waals surface area contributed by atoms with E-state index in [1.54, 1.807) is 35.9 Å². The smallest absolute Gasteiger partial charge is 0.272 e. The molecule has 1 aromatic carbocycles. The topological polar surface area (TPSA) is 38.1 Å². The van der Waals surface area contributed by atoms with Crippen molar-refractivity contribution in [1.29, 1.82) is 0 Å². The van der Waals surface area contributed by atoms with Crippen molar-refractivity contribution >= 4 is 21.8 Å². The molecule has 0 saturated heterocycles. The van der Waals surface area contributed by atoms with E-state index in [1.807, 2.05) is 24.3 Å². The molecule has 1 aromatic heterocycles. The van der Waals surface area contributed by atoms with Crippen molar-refractivity contribution in [2.45, 2.75) is 6.54 Å². The maximum absolute atomic E-state index is 12.2. The van der Waals surface area contributed by atoms with E-state index in [9.17, 15) is 4.79 Å². The number of nitrogens with zero attached hydrogens (tertiary/aromatic N) is 3. The van der Waals surface area contributed by atoms with Gasteiger partial charge in [0.1, 0.15) is 5.69 Å². The number of carbonyl (C=O) groups is 1. The molecule has 0 spiro atoms. The van der Waals surface area contributed by atoms with E-state index in [-0.39, 0.29) is 5.91 Å². The summed E-state index contributed by atoms with van der Waals surface area (Å²) in [5.41, 5.74) is 1.69. The highest BCUT2D eigenvalue weighted by molar-refractivity contribution is 9.10. The Morgan fingerprint density at radius 3 is 2.56 bits per heavy atom. The summed E-state index contributed by atoms with van der Waals surface area (Å²) >= 11 is 3.39. The summed E-state index contributed by atoms with van der Waals surface area (Å²) in [5, 5.41) is 4.00. The molecule has 18 heavy (non-hydrogen) atoms. The van der Waals surface area contributed by atoms with E-state index >= 15 is 0 Å². The zero-order valence-electron chi connectivity index (χ0n) is 10.3. The van der Waals surface area contributed by atoms with E-state index in [1.165, 1.54) is 0 Å². The van der Waals surface area contributed by atoms with Crippen LogP contribution in [-0.2, 0) is 13.6 Å². The molecule has 0 atom stereocenters. The van der Waals surface area contributed by atoms with E-state index < -0.39 is 0 Å². The second-order valence-corrected chi connectivity index (χ2v) is 5.04. The minimum absolute atomic E-state index is 0.0297. The molecule has 0 N–H and O–H groups in total. The number of benzene rings is 1. The average molecular weight is 308 g/mol. The van der Waals surface area contributed by atoms with Gasteiger partial charge in [-0.15, -0.1) is 0 Å². The highest BCUT2D eigenvalue weighted by atomic mass is 79.9. The molecule has 1 heterocycles. The fourth-order valence-corrected chi connectivity index (χ4v) is 1.98. The largest absolute Gasteiger partial charge is 0.336 e. The minimum atomic E-state index is -0.0297. The molecule has 0 aliphatic carbocycles. The quantitative estimate of drug-likeness (QED) is 0.873. The number of hydrogen-bond donors (Lipinski definition) is 0. The third-order valence-corrected chi connectivity index (χ3v) is 3.25. The van der Waals surface area contributed by atoms with Crippen molar-refractivity contribution in [3.8, 4) is 0 Å². The molecule has 0 bridgehead atoms. The Morgan fingerprint density at radius 2 is 2.00 bits per heavy atom. The Bertz CT molecular complexity index is 548. The van der Waals surface area contributed by atoms with Gasteiger partial charge in [-0.1, -0.05) is 28.1 Å².